The van der Waals surface area contributed by atoms with Crippen LogP contribution in [-0.4, -0.2) is 71.8 Å². The number of anilines is 1. The molecule has 0 radical (unpaired) electrons. The second-order valence-corrected chi connectivity index (χ2v) is 10.8. The Morgan fingerprint density at radius 2 is 1.75 bits per heavy atom. The maximum Gasteiger partial charge on any atom is 0.256 e. The molecule has 2 aliphatic rings. The number of benzene rings is 2. The van der Waals surface area contributed by atoms with E-state index >= 15 is 0 Å². The van der Waals surface area contributed by atoms with E-state index in [1.54, 1.807) is 5.01 Å². The summed E-state index contributed by atoms with van der Waals surface area (Å²) in [6, 6.07) is 12.5. The third kappa shape index (κ3) is 6.00. The third-order valence-electron chi connectivity index (χ3n) is 7.81. The number of rotatable bonds is 11. The molecule has 0 saturated carbocycles. The van der Waals surface area contributed by atoms with E-state index in [0.29, 0.717) is 26.2 Å². The number of nitrogens with one attached hydrogen (secondary N) is 2. The van der Waals surface area contributed by atoms with Gasteiger partial charge in [-0.1, -0.05) is 36.8 Å². The Kier molecular flexibility index (Phi) is 8.14. The van der Waals surface area contributed by atoms with Crippen LogP contribution < -0.4 is 15.5 Å². The number of nitrogens with zero attached hydrogens (tertiary/aromatic N) is 5. The molecule has 0 bridgehead atoms. The fourth-order valence-corrected chi connectivity index (χ4v) is 5.40. The average Bonchev–Trinajstić information content (AvgIpc) is 3.63. The Morgan fingerprint density at radius 1 is 0.950 bits per heavy atom. The molecule has 0 spiro atoms. The minimum absolute atomic E-state index is 0.0669. The molecular weight excluding hydrogens is 502 g/mol. The van der Waals surface area contributed by atoms with E-state index in [0.717, 1.165) is 41.2 Å². The van der Waals surface area contributed by atoms with Gasteiger partial charge in [0, 0.05) is 50.9 Å². The van der Waals surface area contributed by atoms with E-state index < -0.39 is 0 Å². The molecule has 0 atom stereocenters. The Bertz CT molecular complexity index is 1440. The van der Waals surface area contributed by atoms with Crippen molar-refractivity contribution < 1.29 is 9.59 Å². The van der Waals surface area contributed by atoms with Gasteiger partial charge in [-0.15, -0.1) is 5.10 Å². The number of aryl methyl sites for hydroxylation is 3. The van der Waals surface area contributed by atoms with Crippen molar-refractivity contribution in [3.63, 3.8) is 0 Å². The molecular formula is C31H39N7O2. The fourth-order valence-electron chi connectivity index (χ4n) is 5.40. The molecule has 9 nitrogen and oxygen atoms in total. The van der Waals surface area contributed by atoms with Gasteiger partial charge in [-0.25, -0.2) is 5.01 Å². The Hall–Kier alpha value is -3.82. The van der Waals surface area contributed by atoms with Crippen molar-refractivity contribution in [1.29, 1.82) is 0 Å². The van der Waals surface area contributed by atoms with Crippen LogP contribution in [0.25, 0.3) is 11.3 Å². The number of hydrogen-bond donors (Lipinski definition) is 2. The van der Waals surface area contributed by atoms with E-state index in [1.165, 1.54) is 27.8 Å². The van der Waals surface area contributed by atoms with Crippen molar-refractivity contribution in [1.82, 2.24) is 30.8 Å². The van der Waals surface area contributed by atoms with Crippen LogP contribution in [0.2, 0.25) is 0 Å². The molecule has 5 rings (SSSR count). The highest BCUT2D eigenvalue weighted by Crippen LogP contribution is 2.38. The lowest BCUT2D eigenvalue weighted by molar-refractivity contribution is -0.145. The summed E-state index contributed by atoms with van der Waals surface area (Å²) in [4.78, 5) is 28.4. The molecule has 210 valence electrons. The van der Waals surface area contributed by atoms with Gasteiger partial charge < -0.3 is 15.5 Å². The molecule has 2 aromatic carbocycles. The number of carbonyl (C=O) groups excluding carboxylic acids is 2. The van der Waals surface area contributed by atoms with E-state index in [4.69, 9.17) is 0 Å². The summed E-state index contributed by atoms with van der Waals surface area (Å²) in [7, 11) is 1.82. The zero-order chi connectivity index (χ0) is 28.4. The number of aromatic nitrogens is 2. The molecule has 1 aliphatic heterocycles. The average molecular weight is 542 g/mol. The summed E-state index contributed by atoms with van der Waals surface area (Å²) in [5, 5.41) is 18.7. The van der Waals surface area contributed by atoms with Gasteiger partial charge in [0.15, 0.2) is 0 Å². The zero-order valence-electron chi connectivity index (χ0n) is 24.2. The summed E-state index contributed by atoms with van der Waals surface area (Å²) in [6.45, 7) is 11.8. The first-order valence-corrected chi connectivity index (χ1v) is 14.0. The number of hydrazine groups is 1. The van der Waals surface area contributed by atoms with Gasteiger partial charge in [0.05, 0.1) is 24.5 Å². The fraction of sp³-hybridized carbons (Fsp3) is 0.419. The van der Waals surface area contributed by atoms with Crippen LogP contribution in [0.3, 0.4) is 0 Å². The first-order valence-electron chi connectivity index (χ1n) is 14.0. The predicted molar refractivity (Wildman–Crippen MR) is 157 cm³/mol. The topological polar surface area (TPSA) is 93.7 Å². The van der Waals surface area contributed by atoms with Gasteiger partial charge >= 0.3 is 0 Å². The summed E-state index contributed by atoms with van der Waals surface area (Å²) in [5.41, 5.74) is 11.0. The molecule has 1 aliphatic carbocycles. The van der Waals surface area contributed by atoms with Crippen LogP contribution in [0.1, 0.15) is 46.0 Å². The van der Waals surface area contributed by atoms with Gasteiger partial charge in [0.1, 0.15) is 0 Å². The van der Waals surface area contributed by atoms with Crippen molar-refractivity contribution in [3.8, 4) is 11.3 Å². The van der Waals surface area contributed by atoms with E-state index in [2.05, 4.69) is 57.0 Å². The molecule has 1 aromatic heterocycles. The van der Waals surface area contributed by atoms with Crippen molar-refractivity contribution in [2.45, 2.75) is 47.2 Å². The summed E-state index contributed by atoms with van der Waals surface area (Å²) < 4.78 is 0. The molecule has 0 saturated heterocycles. The van der Waals surface area contributed by atoms with E-state index in [1.807, 2.05) is 44.9 Å². The highest BCUT2D eigenvalue weighted by molar-refractivity contribution is 5.87. The van der Waals surface area contributed by atoms with E-state index in [-0.39, 0.29) is 24.9 Å². The predicted octanol–water partition coefficient (Wildman–Crippen LogP) is 2.89. The molecule has 40 heavy (non-hydrogen) atoms. The van der Waals surface area contributed by atoms with Crippen molar-refractivity contribution in [2.24, 2.45) is 0 Å². The maximum atomic E-state index is 13.6. The largest absolute Gasteiger partial charge is 0.353 e. The van der Waals surface area contributed by atoms with Crippen LogP contribution in [0.15, 0.2) is 36.4 Å². The van der Waals surface area contributed by atoms with Gasteiger partial charge in [0.25, 0.3) is 5.91 Å². The molecule has 2 heterocycles. The normalized spacial score (nSPS) is 13.5. The second-order valence-electron chi connectivity index (χ2n) is 10.8. The van der Waals surface area contributed by atoms with Gasteiger partial charge in [-0.3, -0.25) is 14.6 Å². The molecule has 2 N–H and O–H groups in total. The van der Waals surface area contributed by atoms with Crippen LogP contribution in [0, 0.1) is 20.8 Å². The number of likely N-dealkylation sites (N-methyl/N-ethyl adjacent to an activating group) is 2. The number of amides is 2. The third-order valence-corrected chi connectivity index (χ3v) is 7.81. The quantitative estimate of drug-likeness (QED) is 0.282. The smallest absolute Gasteiger partial charge is 0.256 e. The van der Waals surface area contributed by atoms with E-state index in [9.17, 15) is 9.59 Å². The minimum Gasteiger partial charge on any atom is -0.353 e. The van der Waals surface area contributed by atoms with Crippen molar-refractivity contribution in [2.75, 3.05) is 44.7 Å². The van der Waals surface area contributed by atoms with Crippen LogP contribution >= 0.6 is 0 Å². The van der Waals surface area contributed by atoms with Crippen LogP contribution in [0.4, 0.5) is 5.69 Å². The zero-order valence-corrected chi connectivity index (χ0v) is 24.2. The second kappa shape index (κ2) is 11.7. The lowest BCUT2D eigenvalue weighted by atomic mass is 10.1. The Morgan fingerprint density at radius 3 is 2.52 bits per heavy atom. The van der Waals surface area contributed by atoms with Crippen molar-refractivity contribution in [3.05, 3.63) is 75.5 Å². The molecule has 2 amide bonds. The lowest BCUT2D eigenvalue weighted by Gasteiger charge is -2.32. The SMILES string of the molecule is CCNCCNC(=O)CN(CC(=O)N(C)N1Cc2ccc(C)cc2C1)c1ccc(-c2nnc(C)c3c2C3)cc1C. The standard InChI is InChI=1S/C31H39N7O2/c1-6-32-11-12-33-29(39)18-37(19-30(40)36(5)38-16-24-8-7-20(2)13-25(24)17-38)28-10-9-23(14-21(28)3)31-27-15-26(27)22(4)34-35-31/h7-10,13-14,32H,6,11-12,15-19H2,1-5H3,(H,33,39). The van der Waals surface area contributed by atoms with Crippen LogP contribution in [-0.2, 0) is 29.1 Å². The molecule has 0 unspecified atom stereocenters. The Balaban J connectivity index is 1.33. The first kappa shape index (κ1) is 27.7. The number of carbonyl (C=O) groups is 2. The van der Waals surface area contributed by atoms with Gasteiger partial charge in [0.2, 0.25) is 5.91 Å². The molecule has 0 fully saturated rings. The maximum absolute atomic E-state index is 13.6. The summed E-state index contributed by atoms with van der Waals surface area (Å²) in [5.74, 6) is -0.183. The molecule has 9 heteroatoms. The van der Waals surface area contributed by atoms with Crippen molar-refractivity contribution >= 4 is 17.5 Å². The summed E-state index contributed by atoms with van der Waals surface area (Å²) >= 11 is 0. The Labute approximate surface area is 236 Å². The highest BCUT2D eigenvalue weighted by atomic mass is 16.2. The molecule has 3 aromatic rings. The number of hydrogen-bond acceptors (Lipinski definition) is 7. The minimum atomic E-state index is -0.116. The first-order chi connectivity index (χ1) is 19.2. The summed E-state index contributed by atoms with van der Waals surface area (Å²) in [6.07, 6.45) is 0.939. The number of fused-ring (bicyclic) bond motifs is 2. The lowest BCUT2D eigenvalue weighted by Crippen LogP contribution is -2.48. The van der Waals surface area contributed by atoms with Crippen LogP contribution in [0.5, 0.6) is 0 Å². The monoisotopic (exact) mass is 541 g/mol. The highest BCUT2D eigenvalue weighted by Gasteiger charge is 2.29. The van der Waals surface area contributed by atoms with Gasteiger partial charge in [-0.2, -0.15) is 5.10 Å². The van der Waals surface area contributed by atoms with Gasteiger partial charge in [-0.05, 0) is 67.3 Å².